The molecule has 0 aliphatic carbocycles. The number of rotatable bonds is 8. The van der Waals surface area contributed by atoms with E-state index in [9.17, 15) is 4.79 Å². The zero-order valence-corrected chi connectivity index (χ0v) is 18.0. The van der Waals surface area contributed by atoms with E-state index in [2.05, 4.69) is 39.5 Å². The molecule has 0 spiro atoms. The molecule has 31 heavy (non-hydrogen) atoms. The first-order valence-electron chi connectivity index (χ1n) is 10.9. The van der Waals surface area contributed by atoms with Crippen molar-refractivity contribution in [2.45, 2.75) is 13.0 Å². The number of likely N-dealkylation sites (N-methyl/N-ethyl adjacent to an activating group) is 1. The molecular weight excluding hydrogens is 388 g/mol. The molecule has 2 heterocycles. The molecule has 6 nitrogen and oxygen atoms in total. The molecular formula is C25H30N4O2. The number of furan rings is 1. The number of nitrogens with one attached hydrogen (secondary N) is 2. The molecule has 1 fully saturated rings. The fourth-order valence-corrected chi connectivity index (χ4v) is 3.96. The third kappa shape index (κ3) is 5.54. The Labute approximate surface area is 183 Å². The molecule has 0 saturated carbocycles. The van der Waals surface area contributed by atoms with Crippen LogP contribution in [0, 0.1) is 0 Å². The Morgan fingerprint density at radius 1 is 0.968 bits per heavy atom. The van der Waals surface area contributed by atoms with Gasteiger partial charge in [-0.1, -0.05) is 37.3 Å². The molecule has 4 rings (SSSR count). The van der Waals surface area contributed by atoms with E-state index in [1.807, 2.05) is 54.6 Å². The predicted molar refractivity (Wildman–Crippen MR) is 124 cm³/mol. The molecule has 1 amide bonds. The number of hydrogen-bond acceptors (Lipinski definition) is 5. The van der Waals surface area contributed by atoms with Crippen LogP contribution >= 0.6 is 0 Å². The van der Waals surface area contributed by atoms with Gasteiger partial charge in [0.25, 0.3) is 0 Å². The van der Waals surface area contributed by atoms with Crippen LogP contribution in [0.1, 0.15) is 24.3 Å². The van der Waals surface area contributed by atoms with Crippen LogP contribution in [-0.4, -0.2) is 50.1 Å². The van der Waals surface area contributed by atoms with Gasteiger partial charge in [-0.3, -0.25) is 10.1 Å². The Hall–Kier alpha value is -3.09. The maximum atomic E-state index is 12.6. The van der Waals surface area contributed by atoms with Crippen LogP contribution in [0.3, 0.4) is 0 Å². The minimum atomic E-state index is -0.175. The second-order valence-electron chi connectivity index (χ2n) is 7.76. The quantitative estimate of drug-likeness (QED) is 0.584. The van der Waals surface area contributed by atoms with Gasteiger partial charge in [0.15, 0.2) is 0 Å². The summed E-state index contributed by atoms with van der Waals surface area (Å²) >= 11 is 0. The lowest BCUT2D eigenvalue weighted by atomic mass is 10.0. The molecule has 2 aromatic carbocycles. The Morgan fingerprint density at radius 2 is 1.71 bits per heavy atom. The number of anilines is 2. The first kappa shape index (κ1) is 21.2. The van der Waals surface area contributed by atoms with Crippen molar-refractivity contribution in [1.29, 1.82) is 0 Å². The van der Waals surface area contributed by atoms with Gasteiger partial charge < -0.3 is 19.5 Å². The lowest BCUT2D eigenvalue weighted by Crippen LogP contribution is -2.46. The molecule has 2 N–H and O–H groups in total. The van der Waals surface area contributed by atoms with Crippen molar-refractivity contribution in [1.82, 2.24) is 10.2 Å². The van der Waals surface area contributed by atoms with Crippen LogP contribution in [0.25, 0.3) is 0 Å². The Kier molecular flexibility index (Phi) is 7.02. The fraction of sp³-hybridized carbons (Fsp3) is 0.320. The summed E-state index contributed by atoms with van der Waals surface area (Å²) in [6.07, 6.45) is 1.65. The van der Waals surface area contributed by atoms with E-state index in [-0.39, 0.29) is 18.5 Å². The highest BCUT2D eigenvalue weighted by atomic mass is 16.3. The van der Waals surface area contributed by atoms with E-state index in [0.29, 0.717) is 0 Å². The predicted octanol–water partition coefficient (Wildman–Crippen LogP) is 3.74. The Morgan fingerprint density at radius 3 is 2.35 bits per heavy atom. The largest absolute Gasteiger partial charge is 0.467 e. The summed E-state index contributed by atoms with van der Waals surface area (Å²) in [5.74, 6) is 0.698. The van der Waals surface area contributed by atoms with Gasteiger partial charge in [-0.15, -0.1) is 0 Å². The van der Waals surface area contributed by atoms with E-state index in [0.717, 1.165) is 49.7 Å². The van der Waals surface area contributed by atoms with Gasteiger partial charge in [0.05, 0.1) is 18.8 Å². The first-order valence-corrected chi connectivity index (χ1v) is 10.9. The van der Waals surface area contributed by atoms with E-state index < -0.39 is 0 Å². The molecule has 1 aliphatic heterocycles. The summed E-state index contributed by atoms with van der Waals surface area (Å²) in [6.45, 7) is 7.77. The maximum Gasteiger partial charge on any atom is 0.238 e. The molecule has 0 unspecified atom stereocenters. The highest BCUT2D eigenvalue weighted by Gasteiger charge is 2.18. The van der Waals surface area contributed by atoms with E-state index >= 15 is 0 Å². The van der Waals surface area contributed by atoms with Gasteiger partial charge in [0, 0.05) is 37.6 Å². The van der Waals surface area contributed by atoms with Gasteiger partial charge in [0.2, 0.25) is 5.91 Å². The third-order valence-electron chi connectivity index (χ3n) is 5.76. The molecule has 0 bridgehead atoms. The zero-order valence-electron chi connectivity index (χ0n) is 18.0. The van der Waals surface area contributed by atoms with Gasteiger partial charge in [0.1, 0.15) is 5.76 Å². The molecule has 1 aromatic heterocycles. The standard InChI is InChI=1S/C25H30N4O2/c1-2-28-14-16-29(17-15-28)22-12-10-21(11-13-22)27-24(30)19-26-25(23-9-6-18-31-23)20-7-4-3-5-8-20/h3-13,18,25-26H,2,14-17,19H2,1H3,(H,27,30)/t25-/m0/s1. The van der Waals surface area contributed by atoms with Gasteiger partial charge in [-0.05, 0) is 48.5 Å². The fourth-order valence-electron chi connectivity index (χ4n) is 3.96. The highest BCUT2D eigenvalue weighted by Crippen LogP contribution is 2.22. The monoisotopic (exact) mass is 418 g/mol. The van der Waals surface area contributed by atoms with Crippen LogP contribution < -0.4 is 15.5 Å². The second-order valence-corrected chi connectivity index (χ2v) is 7.76. The SMILES string of the molecule is CCN1CCN(c2ccc(NC(=O)CN[C@@H](c3ccccc3)c3ccco3)cc2)CC1. The van der Waals surface area contributed by atoms with Gasteiger partial charge >= 0.3 is 0 Å². The highest BCUT2D eigenvalue weighted by molar-refractivity contribution is 5.92. The van der Waals surface area contributed by atoms with Crippen LogP contribution in [0.2, 0.25) is 0 Å². The van der Waals surface area contributed by atoms with Gasteiger partial charge in [-0.2, -0.15) is 0 Å². The van der Waals surface area contributed by atoms with Crippen molar-refractivity contribution >= 4 is 17.3 Å². The maximum absolute atomic E-state index is 12.6. The number of carbonyl (C=O) groups excluding carboxylic acids is 1. The van der Waals surface area contributed by atoms with E-state index in [1.54, 1.807) is 6.26 Å². The number of piperazine rings is 1. The molecule has 1 atom stereocenters. The van der Waals surface area contributed by atoms with Crippen LogP contribution in [0.15, 0.2) is 77.4 Å². The summed E-state index contributed by atoms with van der Waals surface area (Å²) < 4.78 is 5.58. The molecule has 162 valence electrons. The van der Waals surface area contributed by atoms with E-state index in [4.69, 9.17) is 4.42 Å². The van der Waals surface area contributed by atoms with Crippen molar-refractivity contribution < 1.29 is 9.21 Å². The average Bonchev–Trinajstić information content (AvgIpc) is 3.35. The van der Waals surface area contributed by atoms with Crippen LogP contribution in [0.5, 0.6) is 0 Å². The lowest BCUT2D eigenvalue weighted by molar-refractivity contribution is -0.115. The molecule has 0 radical (unpaired) electrons. The Balaban J connectivity index is 1.32. The third-order valence-corrected chi connectivity index (χ3v) is 5.76. The van der Waals surface area contributed by atoms with Crippen molar-refractivity contribution in [3.05, 3.63) is 84.3 Å². The molecule has 1 aliphatic rings. The molecule has 1 saturated heterocycles. The number of nitrogens with zero attached hydrogens (tertiary/aromatic N) is 2. The second kappa shape index (κ2) is 10.3. The number of benzene rings is 2. The van der Waals surface area contributed by atoms with Gasteiger partial charge in [-0.25, -0.2) is 0 Å². The normalized spacial score (nSPS) is 15.6. The minimum absolute atomic E-state index is 0.0863. The lowest BCUT2D eigenvalue weighted by Gasteiger charge is -2.35. The van der Waals surface area contributed by atoms with E-state index in [1.165, 1.54) is 5.69 Å². The summed E-state index contributed by atoms with van der Waals surface area (Å²) in [4.78, 5) is 17.4. The summed E-state index contributed by atoms with van der Waals surface area (Å²) in [6, 6.07) is 21.7. The number of carbonyl (C=O) groups is 1. The number of amides is 1. The van der Waals surface area contributed by atoms with Crippen molar-refractivity contribution in [2.24, 2.45) is 0 Å². The molecule has 3 aromatic rings. The van der Waals surface area contributed by atoms with Crippen molar-refractivity contribution in [2.75, 3.05) is 49.5 Å². The Bertz CT molecular complexity index is 933. The first-order chi connectivity index (χ1) is 15.2. The zero-order chi connectivity index (χ0) is 21.5. The summed E-state index contributed by atoms with van der Waals surface area (Å²) in [5, 5.41) is 6.29. The minimum Gasteiger partial charge on any atom is -0.467 e. The number of hydrogen-bond donors (Lipinski definition) is 2. The van der Waals surface area contributed by atoms with Crippen LogP contribution in [-0.2, 0) is 4.79 Å². The van der Waals surface area contributed by atoms with Crippen molar-refractivity contribution in [3.8, 4) is 0 Å². The molecule has 6 heteroatoms. The summed E-state index contributed by atoms with van der Waals surface area (Å²) in [5.41, 5.74) is 3.06. The average molecular weight is 419 g/mol. The van der Waals surface area contributed by atoms with Crippen molar-refractivity contribution in [3.63, 3.8) is 0 Å². The van der Waals surface area contributed by atoms with Crippen LogP contribution in [0.4, 0.5) is 11.4 Å². The summed E-state index contributed by atoms with van der Waals surface area (Å²) in [7, 11) is 0. The smallest absolute Gasteiger partial charge is 0.238 e. The topological polar surface area (TPSA) is 60.8 Å².